The number of para-hydroxylation sites is 1. The Labute approximate surface area is 114 Å². The summed E-state index contributed by atoms with van der Waals surface area (Å²) in [5.74, 6) is 2.30. The van der Waals surface area contributed by atoms with Crippen LogP contribution >= 0.6 is 0 Å². The average molecular weight is 261 g/mol. The third kappa shape index (κ3) is 2.76. The largest absolute Gasteiger partial charge is 0.490 e. The number of hydrogen-bond acceptors (Lipinski definition) is 3. The molecule has 0 atom stereocenters. The molecule has 0 spiro atoms. The van der Waals surface area contributed by atoms with Crippen LogP contribution in [0.15, 0.2) is 22.6 Å². The van der Waals surface area contributed by atoms with Crippen molar-refractivity contribution in [1.82, 2.24) is 5.32 Å². The van der Waals surface area contributed by atoms with E-state index in [1.54, 1.807) is 0 Å². The molecule has 1 aromatic carbocycles. The molecule has 104 valence electrons. The van der Waals surface area contributed by atoms with Gasteiger partial charge in [0.05, 0.1) is 13.2 Å². The second-order valence-electron chi connectivity index (χ2n) is 5.11. The van der Waals surface area contributed by atoms with E-state index in [0.717, 1.165) is 36.7 Å². The maximum absolute atomic E-state index is 6.04. The van der Waals surface area contributed by atoms with Crippen LogP contribution in [-0.4, -0.2) is 13.7 Å². The van der Waals surface area contributed by atoms with Gasteiger partial charge < -0.3 is 14.5 Å². The minimum absolute atomic E-state index is 0.436. The molecular formula is C16H23NO2. The Morgan fingerprint density at radius 1 is 1.32 bits per heavy atom. The van der Waals surface area contributed by atoms with Crippen LogP contribution in [0.2, 0.25) is 0 Å². The maximum Gasteiger partial charge on any atom is 0.176 e. The highest BCUT2D eigenvalue weighted by Crippen LogP contribution is 2.36. The van der Waals surface area contributed by atoms with Gasteiger partial charge in [-0.3, -0.25) is 0 Å². The van der Waals surface area contributed by atoms with Crippen LogP contribution in [0.1, 0.15) is 44.4 Å². The van der Waals surface area contributed by atoms with E-state index in [2.05, 4.69) is 32.2 Å². The molecule has 0 amide bonds. The minimum atomic E-state index is 0.436. The molecule has 0 aliphatic carbocycles. The van der Waals surface area contributed by atoms with Crippen molar-refractivity contribution >= 4 is 11.0 Å². The molecule has 19 heavy (non-hydrogen) atoms. The molecule has 0 unspecified atom stereocenters. The van der Waals surface area contributed by atoms with Gasteiger partial charge in [0.2, 0.25) is 0 Å². The first kappa shape index (κ1) is 13.9. The van der Waals surface area contributed by atoms with Gasteiger partial charge in [0.15, 0.2) is 11.3 Å². The third-order valence-electron chi connectivity index (χ3n) is 3.17. The van der Waals surface area contributed by atoms with Crippen molar-refractivity contribution < 1.29 is 9.15 Å². The summed E-state index contributed by atoms with van der Waals surface area (Å²) in [6, 6.07) is 6.14. The van der Waals surface area contributed by atoms with Crippen molar-refractivity contribution in [2.24, 2.45) is 0 Å². The van der Waals surface area contributed by atoms with Crippen molar-refractivity contribution in [2.75, 3.05) is 13.7 Å². The normalized spacial score (nSPS) is 11.4. The fraction of sp³-hybridized carbons (Fsp3) is 0.500. The number of rotatable bonds is 6. The summed E-state index contributed by atoms with van der Waals surface area (Å²) in [5, 5.41) is 4.34. The van der Waals surface area contributed by atoms with Crippen LogP contribution in [0, 0.1) is 0 Å². The number of ether oxygens (including phenoxy) is 1. The predicted molar refractivity (Wildman–Crippen MR) is 78.9 cm³/mol. The molecule has 3 nitrogen and oxygen atoms in total. The molecule has 0 aliphatic rings. The highest BCUT2D eigenvalue weighted by atomic mass is 16.5. The van der Waals surface area contributed by atoms with Crippen LogP contribution in [0.5, 0.6) is 5.75 Å². The fourth-order valence-corrected chi connectivity index (χ4v) is 2.41. The lowest BCUT2D eigenvalue weighted by Gasteiger charge is -2.06. The number of hydrogen-bond donors (Lipinski definition) is 1. The second kappa shape index (κ2) is 6.11. The molecule has 0 saturated heterocycles. The van der Waals surface area contributed by atoms with E-state index in [0.29, 0.717) is 5.92 Å². The summed E-state index contributed by atoms with van der Waals surface area (Å²) in [5.41, 5.74) is 2.16. The van der Waals surface area contributed by atoms with Gasteiger partial charge >= 0.3 is 0 Å². The average Bonchev–Trinajstić information content (AvgIpc) is 2.75. The van der Waals surface area contributed by atoms with E-state index in [9.17, 15) is 0 Å². The van der Waals surface area contributed by atoms with Gasteiger partial charge in [0.1, 0.15) is 5.76 Å². The van der Waals surface area contributed by atoms with Gasteiger partial charge in [-0.05, 0) is 25.5 Å². The van der Waals surface area contributed by atoms with Gasteiger partial charge in [-0.15, -0.1) is 0 Å². The van der Waals surface area contributed by atoms with Crippen LogP contribution < -0.4 is 10.1 Å². The Bertz CT molecular complexity index is 543. The molecule has 2 aromatic rings. The van der Waals surface area contributed by atoms with Gasteiger partial charge in [0, 0.05) is 10.9 Å². The molecule has 2 rings (SSSR count). The zero-order valence-corrected chi connectivity index (χ0v) is 12.2. The fourth-order valence-electron chi connectivity index (χ4n) is 2.41. The van der Waals surface area contributed by atoms with E-state index < -0.39 is 0 Å². The lowest BCUT2D eigenvalue weighted by Crippen LogP contribution is -2.06. The lowest BCUT2D eigenvalue weighted by atomic mass is 9.99. The Hall–Kier alpha value is -1.48. The van der Waals surface area contributed by atoms with Crippen molar-refractivity contribution in [3.8, 4) is 5.75 Å². The minimum Gasteiger partial charge on any atom is -0.490 e. The van der Waals surface area contributed by atoms with Gasteiger partial charge in [-0.2, -0.15) is 0 Å². The Kier molecular flexibility index (Phi) is 4.48. The van der Waals surface area contributed by atoms with E-state index >= 15 is 0 Å². The summed E-state index contributed by atoms with van der Waals surface area (Å²) in [7, 11) is 1.94. The topological polar surface area (TPSA) is 34.4 Å². The molecule has 0 aliphatic heterocycles. The second-order valence-corrected chi connectivity index (χ2v) is 5.11. The van der Waals surface area contributed by atoms with Crippen LogP contribution in [0.25, 0.3) is 11.0 Å². The third-order valence-corrected chi connectivity index (χ3v) is 3.17. The maximum atomic E-state index is 6.04. The number of benzene rings is 1. The lowest BCUT2D eigenvalue weighted by molar-refractivity contribution is 0.315. The van der Waals surface area contributed by atoms with Crippen molar-refractivity contribution in [3.05, 3.63) is 29.5 Å². The smallest absolute Gasteiger partial charge is 0.176 e. The molecular weight excluding hydrogens is 238 g/mol. The molecule has 3 heteroatoms. The molecule has 0 fully saturated rings. The van der Waals surface area contributed by atoms with Gasteiger partial charge in [-0.1, -0.05) is 32.9 Å². The number of furan rings is 1. The molecule has 0 bridgehead atoms. The molecule has 1 N–H and O–H groups in total. The van der Waals surface area contributed by atoms with Crippen molar-refractivity contribution in [2.45, 2.75) is 39.7 Å². The zero-order valence-electron chi connectivity index (χ0n) is 12.2. The van der Waals surface area contributed by atoms with Crippen molar-refractivity contribution in [1.29, 1.82) is 0 Å². The Morgan fingerprint density at radius 2 is 2.11 bits per heavy atom. The quantitative estimate of drug-likeness (QED) is 0.851. The Morgan fingerprint density at radius 3 is 2.74 bits per heavy atom. The first-order chi connectivity index (χ1) is 9.19. The summed E-state index contributed by atoms with van der Waals surface area (Å²) < 4.78 is 11.8. The molecule has 0 radical (unpaired) electrons. The number of nitrogens with one attached hydrogen (secondary N) is 1. The first-order valence-electron chi connectivity index (χ1n) is 7.00. The predicted octanol–water partition coefficient (Wildman–Crippen LogP) is 4.06. The van der Waals surface area contributed by atoms with E-state index in [1.807, 2.05) is 19.2 Å². The highest BCUT2D eigenvalue weighted by molar-refractivity contribution is 5.87. The van der Waals surface area contributed by atoms with Crippen LogP contribution in [-0.2, 0) is 6.54 Å². The SMILES string of the molecule is CCCOc1cccc2c(C(C)C)c(CNC)oc12. The van der Waals surface area contributed by atoms with E-state index in [1.165, 1.54) is 10.9 Å². The van der Waals surface area contributed by atoms with Gasteiger partial charge in [0.25, 0.3) is 0 Å². The summed E-state index contributed by atoms with van der Waals surface area (Å²) >= 11 is 0. The first-order valence-corrected chi connectivity index (χ1v) is 7.00. The summed E-state index contributed by atoms with van der Waals surface area (Å²) in [6.45, 7) is 7.97. The molecule has 1 aromatic heterocycles. The van der Waals surface area contributed by atoms with Crippen LogP contribution in [0.4, 0.5) is 0 Å². The van der Waals surface area contributed by atoms with E-state index in [4.69, 9.17) is 9.15 Å². The summed E-state index contributed by atoms with van der Waals surface area (Å²) in [4.78, 5) is 0. The zero-order chi connectivity index (χ0) is 13.8. The monoisotopic (exact) mass is 261 g/mol. The standard InChI is InChI=1S/C16H23NO2/c1-5-9-18-13-8-6-7-12-15(11(2)3)14(10-17-4)19-16(12)13/h6-8,11,17H,5,9-10H2,1-4H3. The van der Waals surface area contributed by atoms with E-state index in [-0.39, 0.29) is 0 Å². The van der Waals surface area contributed by atoms with Crippen molar-refractivity contribution in [3.63, 3.8) is 0 Å². The molecule has 0 saturated carbocycles. The Balaban J connectivity index is 2.54. The highest BCUT2D eigenvalue weighted by Gasteiger charge is 2.18. The van der Waals surface area contributed by atoms with Crippen LogP contribution in [0.3, 0.4) is 0 Å². The van der Waals surface area contributed by atoms with Gasteiger partial charge in [-0.25, -0.2) is 0 Å². The number of fused-ring (bicyclic) bond motifs is 1. The molecule has 1 heterocycles. The summed E-state index contributed by atoms with van der Waals surface area (Å²) in [6.07, 6.45) is 0.998.